The van der Waals surface area contributed by atoms with Crippen LogP contribution in [0.3, 0.4) is 0 Å². The van der Waals surface area contributed by atoms with E-state index in [0.717, 1.165) is 18.7 Å². The van der Waals surface area contributed by atoms with Crippen LogP contribution in [-0.4, -0.2) is 43.7 Å². The van der Waals surface area contributed by atoms with Crippen LogP contribution >= 0.6 is 0 Å². The minimum absolute atomic E-state index is 0.423. The molecule has 2 N–H and O–H groups in total. The summed E-state index contributed by atoms with van der Waals surface area (Å²) in [7, 11) is 4.09. The number of nitrogens with one attached hydrogen (secondary N) is 1. The first-order chi connectivity index (χ1) is 8.50. The molecular weight excluding hydrogens is 224 g/mol. The summed E-state index contributed by atoms with van der Waals surface area (Å²) in [4.78, 5) is 2.12. The first-order valence-corrected chi connectivity index (χ1v) is 6.64. The Hall–Kier alpha value is -0.900. The van der Waals surface area contributed by atoms with Crippen LogP contribution < -0.4 is 5.32 Å². The lowest BCUT2D eigenvalue weighted by Crippen LogP contribution is -2.29. The van der Waals surface area contributed by atoms with E-state index in [-0.39, 0.29) is 0 Å². The van der Waals surface area contributed by atoms with Crippen molar-refractivity contribution < 1.29 is 5.11 Å². The second-order valence-electron chi connectivity index (χ2n) is 5.34. The van der Waals surface area contributed by atoms with Crippen LogP contribution in [0, 0.1) is 0 Å². The second-order valence-corrected chi connectivity index (χ2v) is 5.34. The molecule has 0 fully saturated rings. The molecule has 0 saturated heterocycles. The predicted octanol–water partition coefficient (Wildman–Crippen LogP) is 1.99. The largest absolute Gasteiger partial charge is 0.387 e. The van der Waals surface area contributed by atoms with E-state index in [0.29, 0.717) is 12.5 Å². The number of aliphatic hydroxyl groups is 1. The Morgan fingerprint density at radius 1 is 1.11 bits per heavy atom. The SMILES string of the molecule is CC(C)c1ccc(C(O)CNCCN(C)C)cc1. The Morgan fingerprint density at radius 2 is 1.67 bits per heavy atom. The van der Waals surface area contributed by atoms with Crippen molar-refractivity contribution in [2.24, 2.45) is 0 Å². The van der Waals surface area contributed by atoms with Gasteiger partial charge in [-0.15, -0.1) is 0 Å². The monoisotopic (exact) mass is 250 g/mol. The van der Waals surface area contributed by atoms with Crippen molar-refractivity contribution in [2.75, 3.05) is 33.7 Å². The minimum atomic E-state index is -0.423. The van der Waals surface area contributed by atoms with Crippen molar-refractivity contribution in [1.82, 2.24) is 10.2 Å². The number of nitrogens with zero attached hydrogens (tertiary/aromatic N) is 1. The lowest BCUT2D eigenvalue weighted by molar-refractivity contribution is 0.173. The van der Waals surface area contributed by atoms with Gasteiger partial charge in [-0.1, -0.05) is 38.1 Å². The Kier molecular flexibility index (Phi) is 6.33. The maximum atomic E-state index is 10.0. The van der Waals surface area contributed by atoms with Gasteiger partial charge in [0, 0.05) is 19.6 Å². The molecule has 1 rings (SSSR count). The zero-order valence-corrected chi connectivity index (χ0v) is 12.0. The highest BCUT2D eigenvalue weighted by Gasteiger charge is 2.07. The molecule has 0 heterocycles. The van der Waals surface area contributed by atoms with Gasteiger partial charge in [0.25, 0.3) is 0 Å². The Morgan fingerprint density at radius 3 is 2.17 bits per heavy atom. The number of hydrogen-bond donors (Lipinski definition) is 2. The highest BCUT2D eigenvalue weighted by atomic mass is 16.3. The predicted molar refractivity (Wildman–Crippen MR) is 76.9 cm³/mol. The molecule has 1 atom stereocenters. The van der Waals surface area contributed by atoms with E-state index < -0.39 is 6.10 Å². The molecule has 0 bridgehead atoms. The summed E-state index contributed by atoms with van der Waals surface area (Å²) in [5, 5.41) is 13.3. The van der Waals surface area contributed by atoms with E-state index in [9.17, 15) is 5.11 Å². The van der Waals surface area contributed by atoms with Crippen LogP contribution in [0.1, 0.15) is 37.0 Å². The molecule has 0 saturated carbocycles. The van der Waals surface area contributed by atoms with Gasteiger partial charge in [0.15, 0.2) is 0 Å². The molecule has 0 aliphatic rings. The number of aliphatic hydroxyl groups excluding tert-OH is 1. The minimum Gasteiger partial charge on any atom is -0.387 e. The molecule has 0 aliphatic carbocycles. The van der Waals surface area contributed by atoms with Gasteiger partial charge >= 0.3 is 0 Å². The topological polar surface area (TPSA) is 35.5 Å². The third-order valence-corrected chi connectivity index (χ3v) is 3.06. The molecule has 0 radical (unpaired) electrons. The van der Waals surface area contributed by atoms with Gasteiger partial charge in [-0.25, -0.2) is 0 Å². The van der Waals surface area contributed by atoms with Crippen LogP contribution in [0.15, 0.2) is 24.3 Å². The van der Waals surface area contributed by atoms with Crippen LogP contribution in [0.2, 0.25) is 0 Å². The molecule has 1 unspecified atom stereocenters. The van der Waals surface area contributed by atoms with Gasteiger partial charge in [0.1, 0.15) is 0 Å². The van der Waals surface area contributed by atoms with Crippen LogP contribution in [0.4, 0.5) is 0 Å². The second kappa shape index (κ2) is 7.52. The van der Waals surface area contributed by atoms with Gasteiger partial charge in [0.2, 0.25) is 0 Å². The molecule has 0 aromatic heterocycles. The van der Waals surface area contributed by atoms with Crippen molar-refractivity contribution >= 4 is 0 Å². The third-order valence-electron chi connectivity index (χ3n) is 3.06. The van der Waals surface area contributed by atoms with E-state index in [2.05, 4.69) is 36.2 Å². The summed E-state index contributed by atoms with van der Waals surface area (Å²) in [5.41, 5.74) is 2.29. The smallest absolute Gasteiger partial charge is 0.0914 e. The molecule has 1 aromatic carbocycles. The van der Waals surface area contributed by atoms with E-state index in [1.54, 1.807) is 0 Å². The third kappa shape index (κ3) is 5.17. The maximum Gasteiger partial charge on any atom is 0.0914 e. The summed E-state index contributed by atoms with van der Waals surface area (Å²) in [6.07, 6.45) is -0.423. The van der Waals surface area contributed by atoms with Gasteiger partial charge < -0.3 is 15.3 Å². The molecule has 1 aromatic rings. The summed E-state index contributed by atoms with van der Waals surface area (Å²) < 4.78 is 0. The van der Waals surface area contributed by atoms with Gasteiger partial charge in [-0.2, -0.15) is 0 Å². The number of benzene rings is 1. The molecule has 0 aliphatic heterocycles. The summed E-state index contributed by atoms with van der Waals surface area (Å²) in [6.45, 7) is 6.84. The molecule has 0 spiro atoms. The first kappa shape index (κ1) is 15.2. The molecule has 3 nitrogen and oxygen atoms in total. The van der Waals surface area contributed by atoms with Crippen molar-refractivity contribution in [1.29, 1.82) is 0 Å². The summed E-state index contributed by atoms with van der Waals surface area (Å²) >= 11 is 0. The molecule has 102 valence electrons. The standard InChI is InChI=1S/C15H26N2O/c1-12(2)13-5-7-14(8-6-13)15(18)11-16-9-10-17(3)4/h5-8,12,15-16,18H,9-11H2,1-4H3. The summed E-state index contributed by atoms with van der Waals surface area (Å²) in [5.74, 6) is 0.536. The maximum absolute atomic E-state index is 10.0. The highest BCUT2D eigenvalue weighted by molar-refractivity contribution is 5.26. The van der Waals surface area contributed by atoms with Crippen molar-refractivity contribution in [2.45, 2.75) is 25.9 Å². The van der Waals surface area contributed by atoms with Crippen LogP contribution in [0.5, 0.6) is 0 Å². The molecule has 18 heavy (non-hydrogen) atoms. The van der Waals surface area contributed by atoms with Gasteiger partial charge in [0.05, 0.1) is 6.10 Å². The van der Waals surface area contributed by atoms with Gasteiger partial charge in [-0.05, 0) is 31.1 Å². The number of rotatable bonds is 7. The Balaban J connectivity index is 2.39. The lowest BCUT2D eigenvalue weighted by Gasteiger charge is -2.15. The van der Waals surface area contributed by atoms with E-state index in [1.165, 1.54) is 5.56 Å². The van der Waals surface area contributed by atoms with E-state index >= 15 is 0 Å². The summed E-state index contributed by atoms with van der Waals surface area (Å²) in [6, 6.07) is 8.24. The first-order valence-electron chi connectivity index (χ1n) is 6.64. The Bertz CT molecular complexity index is 333. The lowest BCUT2D eigenvalue weighted by atomic mass is 10.00. The number of hydrogen-bond acceptors (Lipinski definition) is 3. The zero-order chi connectivity index (χ0) is 13.5. The molecule has 0 amide bonds. The number of likely N-dealkylation sites (N-methyl/N-ethyl adjacent to an activating group) is 1. The fourth-order valence-electron chi connectivity index (χ4n) is 1.76. The van der Waals surface area contributed by atoms with Crippen molar-refractivity contribution in [3.05, 3.63) is 35.4 Å². The quantitative estimate of drug-likeness (QED) is 0.727. The van der Waals surface area contributed by atoms with Crippen molar-refractivity contribution in [3.8, 4) is 0 Å². The Labute approximate surface area is 111 Å². The average Bonchev–Trinajstić information content (AvgIpc) is 2.34. The van der Waals surface area contributed by atoms with Crippen molar-refractivity contribution in [3.63, 3.8) is 0 Å². The fourth-order valence-corrected chi connectivity index (χ4v) is 1.76. The van der Waals surface area contributed by atoms with Crippen LogP contribution in [-0.2, 0) is 0 Å². The molecular formula is C15H26N2O. The van der Waals surface area contributed by atoms with Crippen LogP contribution in [0.25, 0.3) is 0 Å². The molecule has 3 heteroatoms. The average molecular weight is 250 g/mol. The normalized spacial score (nSPS) is 13.3. The highest BCUT2D eigenvalue weighted by Crippen LogP contribution is 2.18. The zero-order valence-electron chi connectivity index (χ0n) is 12.0. The van der Waals surface area contributed by atoms with E-state index in [4.69, 9.17) is 0 Å². The van der Waals surface area contributed by atoms with E-state index in [1.807, 2.05) is 26.2 Å². The van der Waals surface area contributed by atoms with Gasteiger partial charge in [-0.3, -0.25) is 0 Å². The fraction of sp³-hybridized carbons (Fsp3) is 0.600.